The third kappa shape index (κ3) is 6.06. The lowest BCUT2D eigenvalue weighted by Gasteiger charge is -2.18. The molecule has 2 atom stereocenters. The summed E-state index contributed by atoms with van der Waals surface area (Å²) in [4.78, 5) is 0. The van der Waals surface area contributed by atoms with Gasteiger partial charge < -0.3 is 14.9 Å². The van der Waals surface area contributed by atoms with Crippen molar-refractivity contribution in [2.24, 2.45) is 0 Å². The number of aliphatic hydroxyl groups excluding tert-OH is 2. The second-order valence-electron chi connectivity index (χ2n) is 3.21. The van der Waals surface area contributed by atoms with Crippen LogP contribution in [0.3, 0.4) is 0 Å². The predicted octanol–water partition coefficient (Wildman–Crippen LogP) is -0.240. The van der Waals surface area contributed by atoms with Gasteiger partial charge in [0.15, 0.2) is 0 Å². The highest BCUT2D eigenvalue weighted by Crippen LogP contribution is 2.08. The Bertz CT molecular complexity index is 250. The Morgan fingerprint density at radius 1 is 1.33 bits per heavy atom. The lowest BCUT2D eigenvalue weighted by atomic mass is 10.3. The van der Waals surface area contributed by atoms with Gasteiger partial charge in [-0.1, -0.05) is 19.8 Å². The highest BCUT2D eigenvalue weighted by atomic mass is 32.2. The van der Waals surface area contributed by atoms with Gasteiger partial charge in [0.05, 0.1) is 6.61 Å². The van der Waals surface area contributed by atoms with E-state index in [1.165, 1.54) is 0 Å². The van der Waals surface area contributed by atoms with Crippen LogP contribution in [0, 0.1) is 0 Å². The zero-order chi connectivity index (χ0) is 11.9. The molecule has 92 valence electrons. The van der Waals surface area contributed by atoms with Gasteiger partial charge in [0.1, 0.15) is 6.10 Å². The van der Waals surface area contributed by atoms with E-state index in [1.807, 2.05) is 6.92 Å². The van der Waals surface area contributed by atoms with E-state index in [2.05, 4.69) is 0 Å². The molecule has 0 aliphatic carbocycles. The van der Waals surface area contributed by atoms with Gasteiger partial charge in [0.25, 0.3) is 10.1 Å². The Kier molecular flexibility index (Phi) is 7.03. The molecular weight excluding hydrogens is 224 g/mol. The fraction of sp³-hybridized carbons (Fsp3) is 1.00. The van der Waals surface area contributed by atoms with Gasteiger partial charge in [0, 0.05) is 6.61 Å². The monoisotopic (exact) mass is 242 g/mol. The SMILES string of the molecule is CCCCCOC(C(O)CO)S(=O)(=O)O. The number of hydrogen-bond acceptors (Lipinski definition) is 5. The molecule has 0 aromatic rings. The number of hydrogen-bond donors (Lipinski definition) is 3. The third-order valence-corrected chi connectivity index (χ3v) is 2.86. The largest absolute Gasteiger partial charge is 0.394 e. The molecule has 0 fully saturated rings. The van der Waals surface area contributed by atoms with Gasteiger partial charge in [-0.25, -0.2) is 0 Å². The van der Waals surface area contributed by atoms with Crippen molar-refractivity contribution in [2.75, 3.05) is 13.2 Å². The summed E-state index contributed by atoms with van der Waals surface area (Å²) >= 11 is 0. The Balaban J connectivity index is 4.16. The van der Waals surface area contributed by atoms with Crippen molar-refractivity contribution in [1.29, 1.82) is 0 Å². The first kappa shape index (κ1) is 14.8. The van der Waals surface area contributed by atoms with Gasteiger partial charge in [0.2, 0.25) is 5.44 Å². The molecule has 0 amide bonds. The normalized spacial score (nSPS) is 16.3. The molecule has 0 spiro atoms. The first-order chi connectivity index (χ1) is 6.93. The van der Waals surface area contributed by atoms with Crippen LogP contribution in [0.5, 0.6) is 0 Å². The van der Waals surface area contributed by atoms with E-state index in [-0.39, 0.29) is 6.61 Å². The summed E-state index contributed by atoms with van der Waals surface area (Å²) in [5.74, 6) is 0. The lowest BCUT2D eigenvalue weighted by molar-refractivity contribution is -0.0217. The highest BCUT2D eigenvalue weighted by molar-refractivity contribution is 7.86. The number of aliphatic hydroxyl groups is 2. The number of ether oxygens (including phenoxy) is 1. The van der Waals surface area contributed by atoms with Crippen LogP contribution in [0.25, 0.3) is 0 Å². The van der Waals surface area contributed by atoms with Crippen LogP contribution < -0.4 is 0 Å². The van der Waals surface area contributed by atoms with Crippen LogP contribution >= 0.6 is 0 Å². The third-order valence-electron chi connectivity index (χ3n) is 1.82. The summed E-state index contributed by atoms with van der Waals surface area (Å²) in [6, 6.07) is 0. The molecule has 0 aliphatic rings. The smallest absolute Gasteiger partial charge is 0.295 e. The van der Waals surface area contributed by atoms with Crippen LogP contribution in [0.2, 0.25) is 0 Å². The average Bonchev–Trinajstić information content (AvgIpc) is 2.15. The van der Waals surface area contributed by atoms with Crippen LogP contribution in [-0.4, -0.2) is 47.9 Å². The van der Waals surface area contributed by atoms with Gasteiger partial charge in [-0.2, -0.15) is 8.42 Å². The minimum Gasteiger partial charge on any atom is -0.394 e. The van der Waals surface area contributed by atoms with Crippen molar-refractivity contribution >= 4 is 10.1 Å². The number of rotatable bonds is 8. The summed E-state index contributed by atoms with van der Waals surface area (Å²) in [7, 11) is -4.50. The van der Waals surface area contributed by atoms with Crippen molar-refractivity contribution in [1.82, 2.24) is 0 Å². The first-order valence-corrected chi connectivity index (χ1v) is 6.30. The summed E-state index contributed by atoms with van der Waals surface area (Å²) in [5.41, 5.74) is -1.76. The van der Waals surface area contributed by atoms with Gasteiger partial charge in [-0.05, 0) is 6.42 Å². The first-order valence-electron chi connectivity index (χ1n) is 4.80. The Hall–Kier alpha value is -0.210. The van der Waals surface area contributed by atoms with Crippen molar-refractivity contribution in [3.8, 4) is 0 Å². The maximum Gasteiger partial charge on any atom is 0.295 e. The van der Waals surface area contributed by atoms with Crippen LogP contribution in [0.1, 0.15) is 26.2 Å². The molecule has 0 saturated heterocycles. The molecule has 0 heterocycles. The molecule has 2 unspecified atom stereocenters. The highest BCUT2D eigenvalue weighted by Gasteiger charge is 2.31. The summed E-state index contributed by atoms with van der Waals surface area (Å²) in [6.07, 6.45) is 0.831. The van der Waals surface area contributed by atoms with E-state index in [4.69, 9.17) is 19.5 Å². The minimum atomic E-state index is -4.50. The van der Waals surface area contributed by atoms with Crippen LogP contribution in [0.15, 0.2) is 0 Å². The standard InChI is InChI=1S/C8H18O6S/c1-2-3-4-5-14-8(7(10)6-9)15(11,12)13/h7-10H,2-6H2,1H3,(H,11,12,13). The van der Waals surface area contributed by atoms with E-state index in [0.717, 1.165) is 12.8 Å². The maximum absolute atomic E-state index is 10.8. The fourth-order valence-electron chi connectivity index (χ4n) is 1.03. The van der Waals surface area contributed by atoms with E-state index >= 15 is 0 Å². The quantitative estimate of drug-likeness (QED) is 0.401. The molecule has 6 nitrogen and oxygen atoms in total. The molecular formula is C8H18O6S. The molecule has 0 aromatic heterocycles. The molecule has 7 heteroatoms. The minimum absolute atomic E-state index is 0.120. The Morgan fingerprint density at radius 3 is 2.33 bits per heavy atom. The van der Waals surface area contributed by atoms with E-state index in [0.29, 0.717) is 6.42 Å². The lowest BCUT2D eigenvalue weighted by Crippen LogP contribution is -2.38. The molecule has 0 radical (unpaired) electrons. The van der Waals surface area contributed by atoms with Crippen molar-refractivity contribution < 1.29 is 27.9 Å². The second-order valence-corrected chi connectivity index (χ2v) is 4.71. The van der Waals surface area contributed by atoms with Crippen molar-refractivity contribution in [2.45, 2.75) is 37.7 Å². The maximum atomic E-state index is 10.8. The molecule has 0 rings (SSSR count). The number of unbranched alkanes of at least 4 members (excludes halogenated alkanes) is 2. The van der Waals surface area contributed by atoms with E-state index in [1.54, 1.807) is 0 Å². The van der Waals surface area contributed by atoms with Crippen LogP contribution in [0.4, 0.5) is 0 Å². The molecule has 0 aliphatic heterocycles. The Morgan fingerprint density at radius 2 is 1.93 bits per heavy atom. The van der Waals surface area contributed by atoms with Crippen molar-refractivity contribution in [3.05, 3.63) is 0 Å². The molecule has 0 saturated carbocycles. The summed E-state index contributed by atoms with van der Waals surface area (Å²) in [6.45, 7) is 1.32. The Labute approximate surface area is 89.6 Å². The molecule has 0 bridgehead atoms. The zero-order valence-corrected chi connectivity index (χ0v) is 9.48. The summed E-state index contributed by atoms with van der Waals surface area (Å²) < 4.78 is 35.0. The summed E-state index contributed by atoms with van der Waals surface area (Å²) in [5, 5.41) is 17.7. The fourth-order valence-corrected chi connectivity index (χ4v) is 1.78. The molecule has 0 aromatic carbocycles. The second kappa shape index (κ2) is 7.13. The van der Waals surface area contributed by atoms with E-state index < -0.39 is 28.3 Å². The van der Waals surface area contributed by atoms with Crippen molar-refractivity contribution in [3.63, 3.8) is 0 Å². The predicted molar refractivity (Wildman–Crippen MR) is 53.9 cm³/mol. The van der Waals surface area contributed by atoms with E-state index in [9.17, 15) is 8.42 Å². The topological polar surface area (TPSA) is 104 Å². The van der Waals surface area contributed by atoms with Crippen LogP contribution in [-0.2, 0) is 14.9 Å². The average molecular weight is 242 g/mol. The van der Waals surface area contributed by atoms with Gasteiger partial charge >= 0.3 is 0 Å². The zero-order valence-electron chi connectivity index (χ0n) is 8.66. The van der Waals surface area contributed by atoms with Gasteiger partial charge in [-0.3, -0.25) is 4.55 Å². The molecule has 3 N–H and O–H groups in total. The molecule has 15 heavy (non-hydrogen) atoms. The van der Waals surface area contributed by atoms with Gasteiger partial charge in [-0.15, -0.1) is 0 Å².